The summed E-state index contributed by atoms with van der Waals surface area (Å²) in [6.45, 7) is 3.13. The van der Waals surface area contributed by atoms with Crippen LogP contribution in [0.5, 0.6) is 0 Å². The summed E-state index contributed by atoms with van der Waals surface area (Å²) in [5.41, 5.74) is 3.80. The maximum Gasteiger partial charge on any atom is 0.226 e. The number of furan rings is 1. The van der Waals surface area contributed by atoms with Crippen LogP contribution in [0.4, 0.5) is 0 Å². The van der Waals surface area contributed by atoms with Crippen LogP contribution in [0, 0.1) is 6.92 Å². The first kappa shape index (κ1) is 17.9. The van der Waals surface area contributed by atoms with Gasteiger partial charge in [-0.1, -0.05) is 36.4 Å². The van der Waals surface area contributed by atoms with Crippen LogP contribution >= 0.6 is 0 Å². The highest BCUT2D eigenvalue weighted by Crippen LogP contribution is 2.24. The van der Waals surface area contributed by atoms with Crippen molar-refractivity contribution < 1.29 is 8.83 Å². The molecule has 4 rings (SSSR count). The van der Waals surface area contributed by atoms with Gasteiger partial charge in [0.2, 0.25) is 5.89 Å². The van der Waals surface area contributed by atoms with Crippen LogP contribution in [0.3, 0.4) is 0 Å². The van der Waals surface area contributed by atoms with E-state index in [4.69, 9.17) is 8.83 Å². The number of aryl methyl sites for hydroxylation is 1. The average Bonchev–Trinajstić information content (AvgIpc) is 3.34. The molecular formula is C22H22N4O2. The molecule has 0 saturated heterocycles. The standard InChI is InChI=1S/C22H22N4O2/c1-15-18-10-6-7-11-19(18)28-20(15)13-25-22(23-2)24-12-17-14-27-21(26-17)16-8-4-3-5-9-16/h3-11,14H,12-13H2,1-2H3,(H2,23,24,25). The zero-order valence-corrected chi connectivity index (χ0v) is 15.9. The van der Waals surface area contributed by atoms with Crippen molar-refractivity contribution in [3.05, 3.63) is 77.9 Å². The number of hydrogen-bond acceptors (Lipinski definition) is 4. The summed E-state index contributed by atoms with van der Waals surface area (Å²) >= 11 is 0. The third-order valence-corrected chi connectivity index (χ3v) is 4.59. The van der Waals surface area contributed by atoms with Gasteiger partial charge >= 0.3 is 0 Å². The number of para-hydroxylation sites is 1. The Hall–Kier alpha value is -3.54. The molecule has 0 aliphatic heterocycles. The largest absolute Gasteiger partial charge is 0.459 e. The topological polar surface area (TPSA) is 75.6 Å². The van der Waals surface area contributed by atoms with Crippen molar-refractivity contribution in [2.45, 2.75) is 20.0 Å². The van der Waals surface area contributed by atoms with Crippen LogP contribution in [0.2, 0.25) is 0 Å². The van der Waals surface area contributed by atoms with Crippen LogP contribution < -0.4 is 10.6 Å². The first-order valence-electron chi connectivity index (χ1n) is 9.16. The van der Waals surface area contributed by atoms with Gasteiger partial charge in [0.15, 0.2) is 5.96 Å². The average molecular weight is 374 g/mol. The van der Waals surface area contributed by atoms with Gasteiger partial charge in [-0.3, -0.25) is 4.99 Å². The summed E-state index contributed by atoms with van der Waals surface area (Å²) < 4.78 is 11.5. The lowest BCUT2D eigenvalue weighted by molar-refractivity contribution is 0.534. The summed E-state index contributed by atoms with van der Waals surface area (Å²) in [4.78, 5) is 8.78. The fourth-order valence-electron chi connectivity index (χ4n) is 3.05. The molecule has 0 fully saturated rings. The molecule has 2 aromatic heterocycles. The lowest BCUT2D eigenvalue weighted by atomic mass is 10.1. The number of oxazole rings is 1. The molecule has 2 aromatic carbocycles. The molecule has 6 nitrogen and oxygen atoms in total. The molecule has 2 heterocycles. The minimum atomic E-state index is 0.509. The number of hydrogen-bond donors (Lipinski definition) is 2. The molecule has 28 heavy (non-hydrogen) atoms. The summed E-state index contributed by atoms with van der Waals surface area (Å²) in [7, 11) is 1.74. The summed E-state index contributed by atoms with van der Waals surface area (Å²) in [6, 6.07) is 17.9. The maximum absolute atomic E-state index is 5.94. The van der Waals surface area contributed by atoms with Gasteiger partial charge < -0.3 is 19.5 Å². The number of nitrogens with zero attached hydrogens (tertiary/aromatic N) is 2. The number of aliphatic imine (C=N–C) groups is 1. The second-order valence-corrected chi connectivity index (χ2v) is 6.44. The van der Waals surface area contributed by atoms with Crippen LogP contribution in [-0.4, -0.2) is 18.0 Å². The highest BCUT2D eigenvalue weighted by molar-refractivity contribution is 5.82. The predicted molar refractivity (Wildman–Crippen MR) is 110 cm³/mol. The molecule has 0 bridgehead atoms. The maximum atomic E-state index is 5.94. The molecule has 0 spiro atoms. The quantitative estimate of drug-likeness (QED) is 0.403. The van der Waals surface area contributed by atoms with Crippen molar-refractivity contribution in [1.82, 2.24) is 15.6 Å². The van der Waals surface area contributed by atoms with Gasteiger partial charge in [0.05, 0.1) is 18.8 Å². The molecule has 0 radical (unpaired) electrons. The van der Waals surface area contributed by atoms with E-state index in [1.165, 1.54) is 0 Å². The normalized spacial score (nSPS) is 11.7. The van der Waals surface area contributed by atoms with Crippen molar-refractivity contribution in [2.75, 3.05) is 7.05 Å². The summed E-state index contributed by atoms with van der Waals surface area (Å²) in [5.74, 6) is 2.18. The van der Waals surface area contributed by atoms with Gasteiger partial charge in [0.1, 0.15) is 17.6 Å². The van der Waals surface area contributed by atoms with Crippen LogP contribution in [-0.2, 0) is 13.1 Å². The Bertz CT molecular complexity index is 1100. The highest BCUT2D eigenvalue weighted by atomic mass is 16.3. The SMILES string of the molecule is CN=C(NCc1coc(-c2ccccc2)n1)NCc1oc2ccccc2c1C. The van der Waals surface area contributed by atoms with Crippen molar-refractivity contribution in [3.8, 4) is 11.5 Å². The third kappa shape index (κ3) is 3.76. The van der Waals surface area contributed by atoms with Gasteiger partial charge in [0, 0.05) is 23.6 Å². The van der Waals surface area contributed by atoms with E-state index in [0.717, 1.165) is 33.6 Å². The zero-order valence-electron chi connectivity index (χ0n) is 15.9. The molecule has 0 atom stereocenters. The zero-order chi connectivity index (χ0) is 19.3. The number of rotatable bonds is 5. The van der Waals surface area contributed by atoms with E-state index in [2.05, 4.69) is 33.6 Å². The van der Waals surface area contributed by atoms with Crippen LogP contribution in [0.25, 0.3) is 22.4 Å². The molecule has 142 valence electrons. The molecule has 0 aliphatic carbocycles. The van der Waals surface area contributed by atoms with E-state index in [0.29, 0.717) is 24.9 Å². The molecular weight excluding hydrogens is 352 g/mol. The Morgan fingerprint density at radius 3 is 2.54 bits per heavy atom. The van der Waals surface area contributed by atoms with E-state index in [-0.39, 0.29) is 0 Å². The fourth-order valence-corrected chi connectivity index (χ4v) is 3.05. The lowest BCUT2D eigenvalue weighted by Crippen LogP contribution is -2.36. The van der Waals surface area contributed by atoms with E-state index < -0.39 is 0 Å². The highest BCUT2D eigenvalue weighted by Gasteiger charge is 2.11. The molecule has 6 heteroatoms. The van der Waals surface area contributed by atoms with E-state index in [1.807, 2.05) is 48.5 Å². The second-order valence-electron chi connectivity index (χ2n) is 6.44. The predicted octanol–water partition coefficient (Wildman–Crippen LogP) is 4.26. The summed E-state index contributed by atoms with van der Waals surface area (Å²) in [5, 5.41) is 7.67. The van der Waals surface area contributed by atoms with Crippen molar-refractivity contribution in [3.63, 3.8) is 0 Å². The first-order valence-corrected chi connectivity index (χ1v) is 9.16. The van der Waals surface area contributed by atoms with E-state index in [9.17, 15) is 0 Å². The van der Waals surface area contributed by atoms with E-state index >= 15 is 0 Å². The van der Waals surface area contributed by atoms with Gasteiger partial charge in [-0.2, -0.15) is 0 Å². The Labute approximate surface area is 163 Å². The molecule has 0 saturated carbocycles. The molecule has 0 unspecified atom stereocenters. The Balaban J connectivity index is 1.36. The summed E-state index contributed by atoms with van der Waals surface area (Å²) in [6.07, 6.45) is 1.66. The monoisotopic (exact) mass is 374 g/mol. The smallest absolute Gasteiger partial charge is 0.226 e. The van der Waals surface area contributed by atoms with Gasteiger partial charge in [-0.15, -0.1) is 0 Å². The van der Waals surface area contributed by atoms with Gasteiger partial charge in [-0.05, 0) is 25.1 Å². The minimum Gasteiger partial charge on any atom is -0.459 e. The van der Waals surface area contributed by atoms with E-state index in [1.54, 1.807) is 13.3 Å². The van der Waals surface area contributed by atoms with Gasteiger partial charge in [-0.25, -0.2) is 4.98 Å². The fraction of sp³-hybridized carbons (Fsp3) is 0.182. The number of aromatic nitrogens is 1. The molecule has 2 N–H and O–H groups in total. The Morgan fingerprint density at radius 1 is 1.00 bits per heavy atom. The van der Waals surface area contributed by atoms with Crippen molar-refractivity contribution in [1.29, 1.82) is 0 Å². The number of benzene rings is 2. The van der Waals surface area contributed by atoms with Crippen LogP contribution in [0.1, 0.15) is 17.0 Å². The molecule has 4 aromatic rings. The minimum absolute atomic E-state index is 0.509. The molecule has 0 aliphatic rings. The molecule has 0 amide bonds. The van der Waals surface area contributed by atoms with Crippen molar-refractivity contribution >= 4 is 16.9 Å². The number of guanidine groups is 1. The Morgan fingerprint density at radius 2 is 1.75 bits per heavy atom. The Kier molecular flexibility index (Phi) is 5.10. The van der Waals surface area contributed by atoms with Gasteiger partial charge in [0.25, 0.3) is 0 Å². The first-order chi connectivity index (χ1) is 13.7. The third-order valence-electron chi connectivity index (χ3n) is 4.59. The van der Waals surface area contributed by atoms with Crippen molar-refractivity contribution in [2.24, 2.45) is 4.99 Å². The van der Waals surface area contributed by atoms with Crippen LogP contribution in [0.15, 0.2) is 74.7 Å². The lowest BCUT2D eigenvalue weighted by Gasteiger charge is -2.10. The second kappa shape index (κ2) is 8.00. The number of nitrogens with one attached hydrogen (secondary N) is 2. The number of fused-ring (bicyclic) bond motifs is 1.